The van der Waals surface area contributed by atoms with E-state index in [1.165, 1.54) is 37.3 Å². The van der Waals surface area contributed by atoms with Gasteiger partial charge in [-0.3, -0.25) is 13.9 Å². The first-order valence-corrected chi connectivity index (χ1v) is 14.6. The third-order valence-corrected chi connectivity index (χ3v) is 8.44. The Bertz CT molecular complexity index is 1420. The van der Waals surface area contributed by atoms with Crippen LogP contribution >= 0.6 is 11.6 Å². The van der Waals surface area contributed by atoms with Gasteiger partial charge in [-0.1, -0.05) is 54.9 Å². The standard InChI is InChI=1S/C29H34ClN3O6S/c1-5-25(29(35)31-6-2)32(19-21-12-10-11-15-24(21)30)28(34)20-33(40(36,37)23-13-8-7-9-14-23)26-18-22(38-3)16-17-27(26)39-4/h7-18,25H,5-6,19-20H2,1-4H3,(H,31,35). The molecule has 0 aliphatic carbocycles. The Morgan fingerprint density at radius 1 is 0.950 bits per heavy atom. The second-order valence-electron chi connectivity index (χ2n) is 8.79. The van der Waals surface area contributed by atoms with Crippen LogP contribution in [0.15, 0.2) is 77.7 Å². The third kappa shape index (κ3) is 7.05. The van der Waals surface area contributed by atoms with E-state index >= 15 is 0 Å². The van der Waals surface area contributed by atoms with Crippen molar-refractivity contribution in [3.8, 4) is 11.5 Å². The number of nitrogens with one attached hydrogen (secondary N) is 1. The number of sulfonamides is 1. The molecule has 0 bridgehead atoms. The number of carbonyl (C=O) groups excluding carboxylic acids is 2. The SMILES string of the molecule is CCNC(=O)C(CC)N(Cc1ccccc1Cl)C(=O)CN(c1cc(OC)ccc1OC)S(=O)(=O)c1ccccc1. The molecule has 0 aliphatic rings. The largest absolute Gasteiger partial charge is 0.497 e. The zero-order chi connectivity index (χ0) is 29.3. The van der Waals surface area contributed by atoms with Crippen LogP contribution in [0, 0.1) is 0 Å². The summed E-state index contributed by atoms with van der Waals surface area (Å²) in [6.45, 7) is 3.34. The highest BCUT2D eigenvalue weighted by Crippen LogP contribution is 2.36. The van der Waals surface area contributed by atoms with E-state index in [4.69, 9.17) is 21.1 Å². The zero-order valence-corrected chi connectivity index (χ0v) is 24.5. The van der Waals surface area contributed by atoms with Gasteiger partial charge in [0.1, 0.15) is 24.1 Å². The van der Waals surface area contributed by atoms with Crippen molar-refractivity contribution in [2.75, 3.05) is 31.6 Å². The van der Waals surface area contributed by atoms with Gasteiger partial charge in [-0.25, -0.2) is 8.42 Å². The normalized spacial score (nSPS) is 11.8. The van der Waals surface area contributed by atoms with Crippen molar-refractivity contribution >= 4 is 39.1 Å². The fraction of sp³-hybridized carbons (Fsp3) is 0.310. The highest BCUT2D eigenvalue weighted by Gasteiger charge is 2.35. The summed E-state index contributed by atoms with van der Waals surface area (Å²) in [4.78, 5) is 28.5. The predicted octanol–water partition coefficient (Wildman–Crippen LogP) is 4.50. The zero-order valence-electron chi connectivity index (χ0n) is 23.0. The van der Waals surface area contributed by atoms with Crippen molar-refractivity contribution < 1.29 is 27.5 Å². The lowest BCUT2D eigenvalue weighted by molar-refractivity contribution is -0.140. The van der Waals surface area contributed by atoms with Gasteiger partial charge in [-0.15, -0.1) is 0 Å². The van der Waals surface area contributed by atoms with E-state index in [2.05, 4.69) is 5.32 Å². The summed E-state index contributed by atoms with van der Waals surface area (Å²) in [5.74, 6) is -0.344. The van der Waals surface area contributed by atoms with Crippen LogP contribution in [-0.4, -0.2) is 58.5 Å². The maximum Gasteiger partial charge on any atom is 0.264 e. The van der Waals surface area contributed by atoms with E-state index in [-0.39, 0.29) is 28.8 Å². The van der Waals surface area contributed by atoms with Crippen molar-refractivity contribution in [2.45, 2.75) is 37.8 Å². The highest BCUT2D eigenvalue weighted by molar-refractivity contribution is 7.92. The summed E-state index contributed by atoms with van der Waals surface area (Å²) in [7, 11) is -1.40. The number of hydrogen-bond donors (Lipinski definition) is 1. The molecule has 0 heterocycles. The van der Waals surface area contributed by atoms with Crippen molar-refractivity contribution in [1.82, 2.24) is 10.2 Å². The fourth-order valence-electron chi connectivity index (χ4n) is 4.25. The van der Waals surface area contributed by atoms with Gasteiger partial charge < -0.3 is 19.7 Å². The van der Waals surface area contributed by atoms with Crippen molar-refractivity contribution in [3.05, 3.63) is 83.4 Å². The summed E-state index contributed by atoms with van der Waals surface area (Å²) in [5.41, 5.74) is 0.736. The Labute approximate surface area is 240 Å². The molecule has 3 aromatic carbocycles. The first kappa shape index (κ1) is 30.8. The smallest absolute Gasteiger partial charge is 0.264 e. The minimum absolute atomic E-state index is 0.00260. The van der Waals surface area contributed by atoms with E-state index in [1.807, 2.05) is 0 Å². The number of benzene rings is 3. The summed E-state index contributed by atoms with van der Waals surface area (Å²) in [6.07, 6.45) is 0.302. The van der Waals surface area contributed by atoms with Crippen LogP contribution in [0.2, 0.25) is 5.02 Å². The first-order chi connectivity index (χ1) is 19.2. The second-order valence-corrected chi connectivity index (χ2v) is 11.1. The Morgan fingerprint density at radius 3 is 2.23 bits per heavy atom. The number of nitrogens with zero attached hydrogens (tertiary/aromatic N) is 2. The van der Waals surface area contributed by atoms with Gasteiger partial charge in [0.15, 0.2) is 0 Å². The van der Waals surface area contributed by atoms with Crippen LogP contribution in [0.1, 0.15) is 25.8 Å². The van der Waals surface area contributed by atoms with Crippen LogP contribution in [-0.2, 0) is 26.2 Å². The molecule has 214 valence electrons. The van der Waals surface area contributed by atoms with Crippen molar-refractivity contribution in [2.24, 2.45) is 0 Å². The lowest BCUT2D eigenvalue weighted by atomic mass is 10.1. The maximum atomic E-state index is 14.1. The van der Waals surface area contributed by atoms with E-state index < -0.39 is 28.5 Å². The molecule has 0 saturated heterocycles. The number of ether oxygens (including phenoxy) is 2. The molecule has 2 amide bonds. The van der Waals surface area contributed by atoms with Crippen LogP contribution in [0.5, 0.6) is 11.5 Å². The van der Waals surface area contributed by atoms with Crippen LogP contribution in [0.3, 0.4) is 0 Å². The van der Waals surface area contributed by atoms with Gasteiger partial charge in [0, 0.05) is 24.2 Å². The van der Waals surface area contributed by atoms with E-state index in [0.29, 0.717) is 29.3 Å². The first-order valence-electron chi connectivity index (χ1n) is 12.8. The Hall–Kier alpha value is -3.76. The quantitative estimate of drug-likeness (QED) is 0.316. The van der Waals surface area contributed by atoms with Crippen LogP contribution < -0.4 is 19.1 Å². The molecule has 0 fully saturated rings. The van der Waals surface area contributed by atoms with Gasteiger partial charge in [-0.2, -0.15) is 0 Å². The molecular formula is C29H34ClN3O6S. The average molecular weight is 588 g/mol. The topological polar surface area (TPSA) is 105 Å². The third-order valence-electron chi connectivity index (χ3n) is 6.30. The van der Waals surface area contributed by atoms with E-state index in [1.54, 1.807) is 68.4 Å². The second kappa shape index (κ2) is 14.0. The van der Waals surface area contributed by atoms with Gasteiger partial charge >= 0.3 is 0 Å². The summed E-state index contributed by atoms with van der Waals surface area (Å²) in [6, 6.07) is 18.6. The highest BCUT2D eigenvalue weighted by atomic mass is 35.5. The molecule has 0 aromatic heterocycles. The molecule has 9 nitrogen and oxygen atoms in total. The average Bonchev–Trinajstić information content (AvgIpc) is 2.96. The van der Waals surface area contributed by atoms with Gasteiger partial charge in [0.25, 0.3) is 10.0 Å². The number of likely N-dealkylation sites (N-methyl/N-ethyl adjacent to an activating group) is 1. The Balaban J connectivity index is 2.15. The van der Waals surface area contributed by atoms with Gasteiger partial charge in [-0.05, 0) is 49.2 Å². The Morgan fingerprint density at radius 2 is 1.62 bits per heavy atom. The van der Waals surface area contributed by atoms with Crippen molar-refractivity contribution in [1.29, 1.82) is 0 Å². The molecule has 0 spiro atoms. The number of rotatable bonds is 13. The summed E-state index contributed by atoms with van der Waals surface area (Å²) >= 11 is 6.41. The molecule has 0 saturated carbocycles. The lowest BCUT2D eigenvalue weighted by Gasteiger charge is -2.33. The number of methoxy groups -OCH3 is 2. The lowest BCUT2D eigenvalue weighted by Crippen LogP contribution is -2.52. The minimum atomic E-state index is -4.26. The number of amides is 2. The van der Waals surface area contributed by atoms with E-state index in [9.17, 15) is 18.0 Å². The van der Waals surface area contributed by atoms with Crippen LogP contribution in [0.25, 0.3) is 0 Å². The molecule has 1 N–H and O–H groups in total. The number of hydrogen-bond acceptors (Lipinski definition) is 6. The van der Waals surface area contributed by atoms with E-state index in [0.717, 1.165) is 4.31 Å². The summed E-state index contributed by atoms with van der Waals surface area (Å²) in [5, 5.41) is 3.20. The number of carbonyl (C=O) groups is 2. The van der Waals surface area contributed by atoms with Gasteiger partial charge in [0.2, 0.25) is 11.8 Å². The molecule has 0 radical (unpaired) electrons. The molecular weight excluding hydrogens is 554 g/mol. The molecule has 1 unspecified atom stereocenters. The van der Waals surface area contributed by atoms with Crippen LogP contribution in [0.4, 0.5) is 5.69 Å². The fourth-order valence-corrected chi connectivity index (χ4v) is 5.88. The molecule has 3 rings (SSSR count). The van der Waals surface area contributed by atoms with Gasteiger partial charge in [0.05, 0.1) is 24.8 Å². The molecule has 11 heteroatoms. The Kier molecular flexibility index (Phi) is 10.8. The molecule has 1 atom stereocenters. The maximum absolute atomic E-state index is 14.1. The minimum Gasteiger partial charge on any atom is -0.497 e. The molecule has 3 aromatic rings. The molecule has 0 aliphatic heterocycles. The van der Waals surface area contributed by atoms with Crippen molar-refractivity contribution in [3.63, 3.8) is 0 Å². The monoisotopic (exact) mass is 587 g/mol. The summed E-state index contributed by atoms with van der Waals surface area (Å²) < 4.78 is 39.8. The number of anilines is 1. The number of halogens is 1. The molecule has 40 heavy (non-hydrogen) atoms. The predicted molar refractivity (Wildman–Crippen MR) is 155 cm³/mol.